The summed E-state index contributed by atoms with van der Waals surface area (Å²) in [4.78, 5) is 42.3. The van der Waals surface area contributed by atoms with Gasteiger partial charge < -0.3 is 9.64 Å². The monoisotopic (exact) mass is 598 g/mol. The molecule has 0 spiro atoms. The van der Waals surface area contributed by atoms with E-state index in [1.807, 2.05) is 25.3 Å². The fourth-order valence-corrected chi connectivity index (χ4v) is 7.32. The van der Waals surface area contributed by atoms with Gasteiger partial charge in [-0.25, -0.2) is 0 Å². The number of ether oxygens (including phenoxy) is 1. The van der Waals surface area contributed by atoms with E-state index in [4.69, 9.17) is 4.74 Å². The van der Waals surface area contributed by atoms with E-state index in [0.29, 0.717) is 18.8 Å². The Kier molecular flexibility index (Phi) is 14.5. The Morgan fingerprint density at radius 3 is 2.07 bits per heavy atom. The number of carbonyl (C=O) groups is 3. The predicted octanol–water partition coefficient (Wildman–Crippen LogP) is 8.75. The minimum Gasteiger partial charge on any atom is -0.466 e. The highest BCUT2D eigenvalue weighted by molar-refractivity contribution is 6.04. The van der Waals surface area contributed by atoms with Gasteiger partial charge in [-0.3, -0.25) is 19.0 Å². The number of carbonyl (C=O) groups excluding carboxylic acids is 3. The van der Waals surface area contributed by atoms with Crippen LogP contribution in [-0.2, 0) is 22.4 Å². The predicted molar refractivity (Wildman–Crippen MR) is 176 cm³/mol. The van der Waals surface area contributed by atoms with Gasteiger partial charge in [-0.2, -0.15) is 0 Å². The lowest BCUT2D eigenvalue weighted by molar-refractivity contribution is -0.144. The number of ketones is 1. The van der Waals surface area contributed by atoms with Gasteiger partial charge in [-0.15, -0.1) is 0 Å². The first kappa shape index (κ1) is 35.5. The molecule has 1 aromatic heterocycles. The van der Waals surface area contributed by atoms with Crippen LogP contribution in [0, 0.1) is 24.2 Å². The first-order valence-electron chi connectivity index (χ1n) is 17.8. The fourth-order valence-electron chi connectivity index (χ4n) is 7.32. The Morgan fingerprint density at radius 2 is 1.49 bits per heavy atom. The SMILES string of the molecule is CCCCCCCCCCCCCCCC(=O)OCCC(C)(C)C(=O)n1c(C)c(CC)c2c1CC1CCN(C)CC1C2=O. The maximum absolute atomic E-state index is 14.0. The van der Waals surface area contributed by atoms with Gasteiger partial charge in [-0.1, -0.05) is 105 Å². The second kappa shape index (κ2) is 17.5. The van der Waals surface area contributed by atoms with Gasteiger partial charge in [0.15, 0.2) is 5.78 Å². The van der Waals surface area contributed by atoms with Crippen molar-refractivity contribution in [3.05, 3.63) is 22.5 Å². The number of fused-ring (bicyclic) bond motifs is 2. The maximum atomic E-state index is 14.0. The van der Waals surface area contributed by atoms with Crippen molar-refractivity contribution >= 4 is 17.7 Å². The van der Waals surface area contributed by atoms with Crippen molar-refractivity contribution in [2.45, 2.75) is 150 Å². The molecule has 1 aliphatic carbocycles. The molecule has 0 N–H and O–H groups in total. The van der Waals surface area contributed by atoms with Crippen LogP contribution in [0.5, 0.6) is 0 Å². The largest absolute Gasteiger partial charge is 0.466 e. The van der Waals surface area contributed by atoms with Crippen molar-refractivity contribution in [3.63, 3.8) is 0 Å². The van der Waals surface area contributed by atoms with Gasteiger partial charge in [0.1, 0.15) is 0 Å². The Hall–Kier alpha value is -1.95. The van der Waals surface area contributed by atoms with Gasteiger partial charge in [0, 0.05) is 41.2 Å². The lowest BCUT2D eigenvalue weighted by atomic mass is 9.72. The number of hydrogen-bond acceptors (Lipinski definition) is 5. The number of hydrogen-bond donors (Lipinski definition) is 0. The smallest absolute Gasteiger partial charge is 0.305 e. The lowest BCUT2D eigenvalue weighted by Gasteiger charge is -2.39. The summed E-state index contributed by atoms with van der Waals surface area (Å²) < 4.78 is 7.44. The van der Waals surface area contributed by atoms with E-state index in [0.717, 1.165) is 67.7 Å². The van der Waals surface area contributed by atoms with Gasteiger partial charge in [0.2, 0.25) is 5.91 Å². The normalized spacial score (nSPS) is 18.9. The minimum absolute atomic E-state index is 0.00710. The summed E-state index contributed by atoms with van der Waals surface area (Å²) in [5.41, 5.74) is 2.96. The quantitative estimate of drug-likeness (QED) is 0.118. The summed E-state index contributed by atoms with van der Waals surface area (Å²) in [7, 11) is 2.09. The molecule has 244 valence electrons. The number of unbranched alkanes of at least 4 members (excludes halogenated alkanes) is 12. The zero-order valence-electron chi connectivity index (χ0n) is 28.5. The Bertz CT molecular complexity index is 1060. The second-order valence-electron chi connectivity index (χ2n) is 14.2. The highest BCUT2D eigenvalue weighted by Crippen LogP contribution is 2.40. The number of Topliss-reactive ketones (excluding diaryl/α,β-unsaturated/α-hetero) is 1. The number of esters is 1. The zero-order valence-corrected chi connectivity index (χ0v) is 28.5. The molecule has 43 heavy (non-hydrogen) atoms. The van der Waals surface area contributed by atoms with E-state index >= 15 is 0 Å². The van der Waals surface area contributed by atoms with Crippen LogP contribution in [0.2, 0.25) is 0 Å². The molecule has 1 aliphatic heterocycles. The molecule has 0 bridgehead atoms. The number of likely N-dealkylation sites (tertiary alicyclic amines) is 1. The Morgan fingerprint density at radius 1 is 0.907 bits per heavy atom. The van der Waals surface area contributed by atoms with Crippen LogP contribution in [0.25, 0.3) is 0 Å². The van der Waals surface area contributed by atoms with Crippen LogP contribution < -0.4 is 0 Å². The van der Waals surface area contributed by atoms with Crippen LogP contribution in [0.1, 0.15) is 163 Å². The molecule has 3 rings (SSSR count). The topological polar surface area (TPSA) is 68.6 Å². The van der Waals surface area contributed by atoms with E-state index in [1.54, 1.807) is 0 Å². The number of nitrogens with zero attached hydrogens (tertiary/aromatic N) is 2. The van der Waals surface area contributed by atoms with Gasteiger partial charge >= 0.3 is 5.97 Å². The zero-order chi connectivity index (χ0) is 31.4. The fraction of sp³-hybridized carbons (Fsp3) is 0.811. The third-order valence-corrected chi connectivity index (χ3v) is 10.2. The van der Waals surface area contributed by atoms with Crippen LogP contribution in [0.3, 0.4) is 0 Å². The van der Waals surface area contributed by atoms with Gasteiger partial charge in [-0.05, 0) is 64.1 Å². The lowest BCUT2D eigenvalue weighted by Crippen LogP contribution is -2.46. The van der Waals surface area contributed by atoms with Crippen molar-refractivity contribution in [2.24, 2.45) is 17.3 Å². The van der Waals surface area contributed by atoms with Gasteiger partial charge in [0.25, 0.3) is 0 Å². The highest BCUT2D eigenvalue weighted by atomic mass is 16.5. The molecule has 2 atom stereocenters. The minimum atomic E-state index is -0.703. The summed E-state index contributed by atoms with van der Waals surface area (Å²) in [6.07, 6.45) is 20.1. The van der Waals surface area contributed by atoms with Crippen molar-refractivity contribution < 1.29 is 19.1 Å². The van der Waals surface area contributed by atoms with Crippen molar-refractivity contribution in [1.29, 1.82) is 0 Å². The third kappa shape index (κ3) is 9.77. The standard InChI is InChI=1S/C37H62N2O4/c1-7-9-10-11-12-13-14-15-16-17-18-19-20-21-33(40)43-25-23-37(4,5)36(42)39-28(3)30(8-2)34-32(39)26-29-22-24-38(6)27-31(29)35(34)41/h29,31H,7-27H2,1-6H3. The molecule has 0 radical (unpaired) electrons. The molecule has 2 unspecified atom stereocenters. The first-order chi connectivity index (χ1) is 20.6. The van der Waals surface area contributed by atoms with Gasteiger partial charge in [0.05, 0.1) is 6.61 Å². The van der Waals surface area contributed by atoms with E-state index in [9.17, 15) is 14.4 Å². The molecule has 1 saturated heterocycles. The van der Waals surface area contributed by atoms with Crippen molar-refractivity contribution in [3.8, 4) is 0 Å². The average Bonchev–Trinajstić information content (AvgIpc) is 3.26. The molecule has 2 aliphatic rings. The van der Waals surface area contributed by atoms with E-state index in [2.05, 4.69) is 25.8 Å². The maximum Gasteiger partial charge on any atom is 0.305 e. The number of rotatable bonds is 19. The number of piperidine rings is 1. The molecule has 6 nitrogen and oxygen atoms in total. The summed E-state index contributed by atoms with van der Waals surface area (Å²) >= 11 is 0. The molecule has 1 aromatic rings. The molecule has 0 saturated carbocycles. The van der Waals surface area contributed by atoms with E-state index < -0.39 is 5.41 Å². The molecule has 6 heteroatoms. The summed E-state index contributed by atoms with van der Waals surface area (Å²) in [6.45, 7) is 12.3. The molecular formula is C37H62N2O4. The van der Waals surface area contributed by atoms with Crippen molar-refractivity contribution in [1.82, 2.24) is 9.47 Å². The number of aromatic nitrogens is 1. The molecule has 0 amide bonds. The molecule has 2 heterocycles. The summed E-state index contributed by atoms with van der Waals surface area (Å²) in [6, 6.07) is 0. The van der Waals surface area contributed by atoms with Crippen LogP contribution in [0.4, 0.5) is 0 Å². The highest BCUT2D eigenvalue weighted by Gasteiger charge is 2.44. The van der Waals surface area contributed by atoms with E-state index in [-0.39, 0.29) is 30.2 Å². The average molecular weight is 599 g/mol. The van der Waals surface area contributed by atoms with Crippen LogP contribution in [-0.4, -0.2) is 53.9 Å². The molecular weight excluding hydrogens is 536 g/mol. The summed E-state index contributed by atoms with van der Waals surface area (Å²) in [5, 5.41) is 0. The van der Waals surface area contributed by atoms with Crippen LogP contribution in [0.15, 0.2) is 0 Å². The Labute approximate surface area is 262 Å². The molecule has 0 aromatic carbocycles. The first-order valence-corrected chi connectivity index (χ1v) is 17.8. The summed E-state index contributed by atoms with van der Waals surface area (Å²) in [5.74, 6) is 0.407. The van der Waals surface area contributed by atoms with Crippen LogP contribution >= 0.6 is 0 Å². The molecule has 1 fully saturated rings. The Balaban J connectivity index is 1.40. The van der Waals surface area contributed by atoms with E-state index in [1.165, 1.54) is 70.6 Å². The van der Waals surface area contributed by atoms with Crippen molar-refractivity contribution in [2.75, 3.05) is 26.7 Å². The third-order valence-electron chi connectivity index (χ3n) is 10.2. The second-order valence-corrected chi connectivity index (χ2v) is 14.2.